The van der Waals surface area contributed by atoms with Crippen LogP contribution >= 0.6 is 23.1 Å². The van der Waals surface area contributed by atoms with Gasteiger partial charge in [0.2, 0.25) is 5.16 Å². The third-order valence-corrected chi connectivity index (χ3v) is 5.06. The van der Waals surface area contributed by atoms with Gasteiger partial charge in [-0.15, -0.1) is 5.10 Å². The Balaban J connectivity index is 1.70. The number of thiazole rings is 1. The molecular formula is C14H15N5O2S2. The number of rotatable bonds is 6. The Morgan fingerprint density at radius 1 is 1.30 bits per heavy atom. The molecule has 0 radical (unpaired) electrons. The SMILES string of the molecule is COc1ccc(-n2nnnc2SCCn2c(C)csc2=O)cc1. The van der Waals surface area contributed by atoms with Crippen LogP contribution in [0.2, 0.25) is 0 Å². The summed E-state index contributed by atoms with van der Waals surface area (Å²) >= 11 is 2.74. The Bertz CT molecular complexity index is 837. The maximum absolute atomic E-state index is 11.7. The van der Waals surface area contributed by atoms with Gasteiger partial charge < -0.3 is 9.30 Å². The summed E-state index contributed by atoms with van der Waals surface area (Å²) in [5, 5.41) is 14.4. The molecule has 3 rings (SSSR count). The number of methoxy groups -OCH3 is 1. The van der Waals surface area contributed by atoms with Gasteiger partial charge in [-0.25, -0.2) is 0 Å². The number of ether oxygens (including phenoxy) is 1. The molecule has 2 aromatic heterocycles. The number of benzene rings is 1. The topological polar surface area (TPSA) is 74.8 Å². The van der Waals surface area contributed by atoms with E-state index in [1.807, 2.05) is 36.6 Å². The molecule has 0 saturated carbocycles. The Hall–Kier alpha value is -2.13. The van der Waals surface area contributed by atoms with Gasteiger partial charge >= 0.3 is 4.87 Å². The molecule has 0 aliphatic carbocycles. The van der Waals surface area contributed by atoms with Crippen LogP contribution < -0.4 is 9.61 Å². The van der Waals surface area contributed by atoms with Crippen molar-refractivity contribution in [3.05, 3.63) is 45.0 Å². The maximum Gasteiger partial charge on any atom is 0.307 e. The molecule has 0 aliphatic rings. The molecule has 0 saturated heterocycles. The van der Waals surface area contributed by atoms with E-state index < -0.39 is 0 Å². The molecule has 0 amide bonds. The lowest BCUT2D eigenvalue weighted by Gasteiger charge is -2.06. The van der Waals surface area contributed by atoms with Crippen molar-refractivity contribution in [1.29, 1.82) is 0 Å². The molecule has 1 aromatic carbocycles. The van der Waals surface area contributed by atoms with Crippen LogP contribution in [0.4, 0.5) is 0 Å². The van der Waals surface area contributed by atoms with E-state index in [1.54, 1.807) is 16.4 Å². The van der Waals surface area contributed by atoms with Crippen molar-refractivity contribution in [1.82, 2.24) is 24.8 Å². The Morgan fingerprint density at radius 3 is 2.74 bits per heavy atom. The first-order chi connectivity index (χ1) is 11.2. The van der Waals surface area contributed by atoms with E-state index in [9.17, 15) is 4.79 Å². The van der Waals surface area contributed by atoms with Crippen LogP contribution in [0.3, 0.4) is 0 Å². The second-order valence-corrected chi connectivity index (χ2v) is 6.60. The van der Waals surface area contributed by atoms with Crippen LogP contribution in [-0.4, -0.2) is 37.6 Å². The van der Waals surface area contributed by atoms with Crippen molar-refractivity contribution in [3.8, 4) is 11.4 Å². The summed E-state index contributed by atoms with van der Waals surface area (Å²) in [6, 6.07) is 7.51. The lowest BCUT2D eigenvalue weighted by Crippen LogP contribution is -2.16. The predicted octanol–water partition coefficient (Wildman–Crippen LogP) is 1.99. The van der Waals surface area contributed by atoms with Crippen LogP contribution in [0.15, 0.2) is 39.6 Å². The Kier molecular flexibility index (Phi) is 4.77. The van der Waals surface area contributed by atoms with E-state index in [4.69, 9.17) is 4.74 Å². The Morgan fingerprint density at radius 2 is 2.09 bits per heavy atom. The van der Waals surface area contributed by atoms with Crippen molar-refractivity contribution >= 4 is 23.1 Å². The van der Waals surface area contributed by atoms with Crippen LogP contribution in [0, 0.1) is 6.92 Å². The molecule has 0 spiro atoms. The molecule has 9 heteroatoms. The fraction of sp³-hybridized carbons (Fsp3) is 0.286. The first kappa shape index (κ1) is 15.8. The number of tetrazole rings is 1. The average molecular weight is 349 g/mol. The third kappa shape index (κ3) is 3.45. The van der Waals surface area contributed by atoms with E-state index in [1.165, 1.54) is 23.1 Å². The molecule has 3 aromatic rings. The van der Waals surface area contributed by atoms with Crippen LogP contribution in [0.5, 0.6) is 5.75 Å². The lowest BCUT2D eigenvalue weighted by molar-refractivity contribution is 0.414. The molecule has 7 nitrogen and oxygen atoms in total. The molecule has 0 aliphatic heterocycles. The zero-order chi connectivity index (χ0) is 16.2. The molecular weight excluding hydrogens is 334 g/mol. The van der Waals surface area contributed by atoms with Gasteiger partial charge in [-0.2, -0.15) is 4.68 Å². The summed E-state index contributed by atoms with van der Waals surface area (Å²) in [6.45, 7) is 2.57. The van der Waals surface area contributed by atoms with Crippen molar-refractivity contribution < 1.29 is 4.74 Å². The summed E-state index contributed by atoms with van der Waals surface area (Å²) in [5.41, 5.74) is 1.84. The van der Waals surface area contributed by atoms with E-state index >= 15 is 0 Å². The fourth-order valence-electron chi connectivity index (χ4n) is 2.06. The summed E-state index contributed by atoms with van der Waals surface area (Å²) in [7, 11) is 1.63. The van der Waals surface area contributed by atoms with Gasteiger partial charge in [-0.05, 0) is 41.6 Å². The van der Waals surface area contributed by atoms with E-state index in [0.29, 0.717) is 17.5 Å². The molecule has 0 N–H and O–H groups in total. The second-order valence-electron chi connectivity index (χ2n) is 4.71. The maximum atomic E-state index is 11.7. The number of aromatic nitrogens is 5. The number of aryl methyl sites for hydroxylation is 1. The quantitative estimate of drug-likeness (QED) is 0.634. The molecule has 0 unspecified atom stereocenters. The van der Waals surface area contributed by atoms with E-state index in [-0.39, 0.29) is 4.87 Å². The number of nitrogens with zero attached hydrogens (tertiary/aromatic N) is 5. The summed E-state index contributed by atoms with van der Waals surface area (Å²) in [5.74, 6) is 1.50. The standard InChI is InChI=1S/C14H15N5O2S2/c1-10-9-23-14(20)18(10)7-8-22-13-15-16-17-19(13)11-3-5-12(21-2)6-4-11/h3-6,9H,7-8H2,1-2H3. The lowest BCUT2D eigenvalue weighted by atomic mass is 10.3. The minimum absolute atomic E-state index is 0.0675. The molecule has 23 heavy (non-hydrogen) atoms. The van der Waals surface area contributed by atoms with Crippen molar-refractivity contribution in [2.24, 2.45) is 0 Å². The van der Waals surface area contributed by atoms with Crippen molar-refractivity contribution in [2.45, 2.75) is 18.6 Å². The van der Waals surface area contributed by atoms with E-state index in [0.717, 1.165) is 17.1 Å². The monoisotopic (exact) mass is 349 g/mol. The summed E-state index contributed by atoms with van der Waals surface area (Å²) in [4.78, 5) is 11.8. The highest BCUT2D eigenvalue weighted by Crippen LogP contribution is 2.20. The minimum atomic E-state index is 0.0675. The smallest absolute Gasteiger partial charge is 0.307 e. The molecule has 120 valence electrons. The largest absolute Gasteiger partial charge is 0.497 e. The minimum Gasteiger partial charge on any atom is -0.497 e. The highest BCUT2D eigenvalue weighted by Gasteiger charge is 2.10. The highest BCUT2D eigenvalue weighted by atomic mass is 32.2. The van der Waals surface area contributed by atoms with Gasteiger partial charge in [0, 0.05) is 23.4 Å². The summed E-state index contributed by atoms with van der Waals surface area (Å²) < 4.78 is 8.58. The number of hydrogen-bond acceptors (Lipinski definition) is 7. The summed E-state index contributed by atoms with van der Waals surface area (Å²) in [6.07, 6.45) is 0. The number of hydrogen-bond donors (Lipinski definition) is 0. The third-order valence-electron chi connectivity index (χ3n) is 3.28. The van der Waals surface area contributed by atoms with Crippen LogP contribution in [-0.2, 0) is 6.54 Å². The molecule has 2 heterocycles. The van der Waals surface area contributed by atoms with Crippen LogP contribution in [0.1, 0.15) is 5.69 Å². The molecule has 0 atom stereocenters. The molecule has 0 bridgehead atoms. The average Bonchev–Trinajstić information content (AvgIpc) is 3.16. The zero-order valence-electron chi connectivity index (χ0n) is 12.7. The Labute approximate surface area is 140 Å². The first-order valence-electron chi connectivity index (χ1n) is 6.89. The van der Waals surface area contributed by atoms with Crippen molar-refractivity contribution in [3.63, 3.8) is 0 Å². The molecule has 0 fully saturated rings. The van der Waals surface area contributed by atoms with Gasteiger partial charge in [0.05, 0.1) is 12.8 Å². The normalized spacial score (nSPS) is 10.9. The van der Waals surface area contributed by atoms with Gasteiger partial charge in [-0.3, -0.25) is 4.79 Å². The van der Waals surface area contributed by atoms with Gasteiger partial charge in [0.25, 0.3) is 0 Å². The fourth-order valence-corrected chi connectivity index (χ4v) is 3.63. The highest BCUT2D eigenvalue weighted by molar-refractivity contribution is 7.99. The van der Waals surface area contributed by atoms with Crippen LogP contribution in [0.25, 0.3) is 5.69 Å². The second kappa shape index (κ2) is 6.97. The van der Waals surface area contributed by atoms with Crippen molar-refractivity contribution in [2.75, 3.05) is 12.9 Å². The van der Waals surface area contributed by atoms with Gasteiger partial charge in [-0.1, -0.05) is 23.1 Å². The zero-order valence-corrected chi connectivity index (χ0v) is 14.3. The predicted molar refractivity (Wildman–Crippen MR) is 89.7 cm³/mol. The number of thioether (sulfide) groups is 1. The van der Waals surface area contributed by atoms with Gasteiger partial charge in [0.1, 0.15) is 5.75 Å². The van der Waals surface area contributed by atoms with Gasteiger partial charge in [0.15, 0.2) is 0 Å². The van der Waals surface area contributed by atoms with E-state index in [2.05, 4.69) is 15.5 Å². The first-order valence-corrected chi connectivity index (χ1v) is 8.76.